The van der Waals surface area contributed by atoms with Gasteiger partial charge in [0.2, 0.25) is 0 Å². The molecule has 0 saturated heterocycles. The molecule has 3 nitrogen and oxygen atoms in total. The third-order valence-electron chi connectivity index (χ3n) is 1.53. The lowest BCUT2D eigenvalue weighted by atomic mass is 10.2. The van der Waals surface area contributed by atoms with Crippen LogP contribution in [0.3, 0.4) is 0 Å². The first-order valence-electron chi connectivity index (χ1n) is 4.18. The van der Waals surface area contributed by atoms with E-state index < -0.39 is 5.97 Å². The van der Waals surface area contributed by atoms with Gasteiger partial charge in [0.05, 0.1) is 17.1 Å². The summed E-state index contributed by atoms with van der Waals surface area (Å²) in [5.41, 5.74) is 0.0602. The minimum Gasteiger partial charge on any atom is -0.545 e. The van der Waals surface area contributed by atoms with Gasteiger partial charge in [0.1, 0.15) is 5.75 Å². The summed E-state index contributed by atoms with van der Waals surface area (Å²) >= 11 is 5.81. The van der Waals surface area contributed by atoms with Crippen LogP contribution >= 0.6 is 11.6 Å². The van der Waals surface area contributed by atoms with Gasteiger partial charge in [-0.2, -0.15) is 0 Å². The van der Waals surface area contributed by atoms with Crippen molar-refractivity contribution in [3.63, 3.8) is 0 Å². The normalized spacial score (nSPS) is 10.3. The van der Waals surface area contributed by atoms with E-state index in [0.29, 0.717) is 10.8 Å². The average Bonchev–Trinajstić information content (AvgIpc) is 2.07. The Morgan fingerprint density at radius 2 is 2.14 bits per heavy atom. The van der Waals surface area contributed by atoms with Gasteiger partial charge in [-0.05, 0) is 26.0 Å². The van der Waals surface area contributed by atoms with E-state index in [4.69, 9.17) is 16.3 Å². The predicted octanol–water partition coefficient (Wildman–Crippen LogP) is 1.49. The monoisotopic (exact) mass is 213 g/mol. The fraction of sp³-hybridized carbons (Fsp3) is 0.300. The molecule has 1 aromatic carbocycles. The molecule has 0 N–H and O–H groups in total. The zero-order chi connectivity index (χ0) is 10.7. The molecule has 0 saturated carbocycles. The van der Waals surface area contributed by atoms with Crippen molar-refractivity contribution in [3.8, 4) is 5.75 Å². The summed E-state index contributed by atoms with van der Waals surface area (Å²) < 4.78 is 5.31. The second kappa shape index (κ2) is 4.33. The molecule has 1 rings (SSSR count). The van der Waals surface area contributed by atoms with E-state index in [1.54, 1.807) is 0 Å². The summed E-state index contributed by atoms with van der Waals surface area (Å²) in [5, 5.41) is 10.9. The lowest BCUT2D eigenvalue weighted by molar-refractivity contribution is -0.255. The van der Waals surface area contributed by atoms with Crippen LogP contribution in [0.15, 0.2) is 18.2 Å². The highest BCUT2D eigenvalue weighted by molar-refractivity contribution is 6.32. The highest BCUT2D eigenvalue weighted by Gasteiger charge is 2.05. The maximum Gasteiger partial charge on any atom is 0.138 e. The Kier molecular flexibility index (Phi) is 3.36. The second-order valence-corrected chi connectivity index (χ2v) is 3.51. The third kappa shape index (κ3) is 2.64. The lowest BCUT2D eigenvalue weighted by Gasteiger charge is -2.12. The van der Waals surface area contributed by atoms with Gasteiger partial charge in [0.25, 0.3) is 0 Å². The molecule has 0 spiro atoms. The molecule has 0 aliphatic carbocycles. The first-order chi connectivity index (χ1) is 6.50. The number of carboxylic acid groups (broad SMARTS) is 1. The Bertz CT molecular complexity index is 347. The van der Waals surface area contributed by atoms with Gasteiger partial charge in [-0.3, -0.25) is 0 Å². The molecule has 0 atom stereocenters. The topological polar surface area (TPSA) is 49.4 Å². The van der Waals surface area contributed by atoms with Crippen LogP contribution in [0, 0.1) is 0 Å². The van der Waals surface area contributed by atoms with Gasteiger partial charge in [-0.25, -0.2) is 0 Å². The number of hydrogen-bond donors (Lipinski definition) is 0. The number of benzene rings is 1. The van der Waals surface area contributed by atoms with Crippen molar-refractivity contribution in [2.45, 2.75) is 20.0 Å². The van der Waals surface area contributed by atoms with Crippen molar-refractivity contribution < 1.29 is 14.6 Å². The third-order valence-corrected chi connectivity index (χ3v) is 1.84. The van der Waals surface area contributed by atoms with Crippen LogP contribution in [0.4, 0.5) is 0 Å². The zero-order valence-corrected chi connectivity index (χ0v) is 8.67. The fourth-order valence-corrected chi connectivity index (χ4v) is 1.14. The summed E-state index contributed by atoms with van der Waals surface area (Å²) in [6.07, 6.45) is -0.0514. The van der Waals surface area contributed by atoms with Crippen molar-refractivity contribution in [2.24, 2.45) is 0 Å². The molecule has 1 aromatic rings. The van der Waals surface area contributed by atoms with Gasteiger partial charge >= 0.3 is 0 Å². The van der Waals surface area contributed by atoms with Gasteiger partial charge in [-0.1, -0.05) is 17.7 Å². The van der Waals surface area contributed by atoms with Crippen LogP contribution in [0.5, 0.6) is 5.75 Å². The quantitative estimate of drug-likeness (QED) is 0.765. The molecule has 4 heteroatoms. The van der Waals surface area contributed by atoms with Gasteiger partial charge in [0, 0.05) is 5.56 Å². The fourth-order valence-electron chi connectivity index (χ4n) is 0.975. The summed E-state index contributed by atoms with van der Waals surface area (Å²) in [6.45, 7) is 3.67. The van der Waals surface area contributed by atoms with Gasteiger partial charge in [0.15, 0.2) is 0 Å². The van der Waals surface area contributed by atoms with Crippen molar-refractivity contribution in [3.05, 3.63) is 28.8 Å². The van der Waals surface area contributed by atoms with Crippen molar-refractivity contribution in [2.75, 3.05) is 0 Å². The minimum absolute atomic E-state index is 0.0514. The summed E-state index contributed by atoms with van der Waals surface area (Å²) in [7, 11) is 0. The second-order valence-electron chi connectivity index (χ2n) is 3.10. The van der Waals surface area contributed by atoms with Crippen molar-refractivity contribution >= 4 is 17.6 Å². The SMILES string of the molecule is CC(C)Oc1cc(C(=O)[O-])ccc1Cl. The maximum absolute atomic E-state index is 10.5. The molecule has 0 unspecified atom stereocenters. The Morgan fingerprint density at radius 3 is 2.64 bits per heavy atom. The summed E-state index contributed by atoms with van der Waals surface area (Å²) in [4.78, 5) is 10.5. The summed E-state index contributed by atoms with van der Waals surface area (Å²) in [5.74, 6) is -0.876. The number of carbonyl (C=O) groups is 1. The van der Waals surface area contributed by atoms with Gasteiger partial charge in [-0.15, -0.1) is 0 Å². The van der Waals surface area contributed by atoms with E-state index in [1.807, 2.05) is 13.8 Å². The molecular formula is C10H10ClO3-. The van der Waals surface area contributed by atoms with E-state index in [2.05, 4.69) is 0 Å². The number of aromatic carboxylic acids is 1. The largest absolute Gasteiger partial charge is 0.545 e. The molecule has 0 amide bonds. The van der Waals surface area contributed by atoms with Crippen LogP contribution in [-0.2, 0) is 0 Å². The Labute approximate surface area is 87.3 Å². The van der Waals surface area contributed by atoms with E-state index in [9.17, 15) is 9.90 Å². The first-order valence-corrected chi connectivity index (χ1v) is 4.56. The number of halogens is 1. The Morgan fingerprint density at radius 1 is 1.50 bits per heavy atom. The summed E-state index contributed by atoms with van der Waals surface area (Å²) in [6, 6.07) is 4.22. The van der Waals surface area contributed by atoms with E-state index in [0.717, 1.165) is 0 Å². The molecule has 0 fully saturated rings. The smallest absolute Gasteiger partial charge is 0.138 e. The number of rotatable bonds is 3. The van der Waals surface area contributed by atoms with Crippen LogP contribution in [0.1, 0.15) is 24.2 Å². The van der Waals surface area contributed by atoms with Crippen LogP contribution in [-0.4, -0.2) is 12.1 Å². The molecule has 76 valence electrons. The van der Waals surface area contributed by atoms with E-state index in [-0.39, 0.29) is 11.7 Å². The first kappa shape index (κ1) is 10.9. The van der Waals surface area contributed by atoms with Crippen molar-refractivity contribution in [1.82, 2.24) is 0 Å². The highest BCUT2D eigenvalue weighted by atomic mass is 35.5. The molecule has 14 heavy (non-hydrogen) atoms. The molecular weight excluding hydrogens is 204 g/mol. The number of ether oxygens (including phenoxy) is 1. The van der Waals surface area contributed by atoms with E-state index in [1.165, 1.54) is 18.2 Å². The van der Waals surface area contributed by atoms with Crippen LogP contribution in [0.2, 0.25) is 5.02 Å². The molecule has 0 heterocycles. The standard InChI is InChI=1S/C10H11ClO3/c1-6(2)14-9-5-7(10(12)13)3-4-8(9)11/h3-6H,1-2H3,(H,12,13)/p-1. The van der Waals surface area contributed by atoms with E-state index >= 15 is 0 Å². The number of carboxylic acids is 1. The highest BCUT2D eigenvalue weighted by Crippen LogP contribution is 2.26. The Hall–Kier alpha value is -1.22. The molecule has 0 aromatic heterocycles. The van der Waals surface area contributed by atoms with Crippen LogP contribution < -0.4 is 9.84 Å². The average molecular weight is 214 g/mol. The molecule has 0 bridgehead atoms. The maximum atomic E-state index is 10.5. The van der Waals surface area contributed by atoms with Crippen LogP contribution in [0.25, 0.3) is 0 Å². The molecule has 0 radical (unpaired) electrons. The predicted molar refractivity (Wildman–Crippen MR) is 51.5 cm³/mol. The Balaban J connectivity index is 3.02. The van der Waals surface area contributed by atoms with Gasteiger partial charge < -0.3 is 14.6 Å². The molecule has 0 aliphatic rings. The zero-order valence-electron chi connectivity index (χ0n) is 7.91. The number of hydrogen-bond acceptors (Lipinski definition) is 3. The molecule has 0 aliphatic heterocycles. The lowest BCUT2D eigenvalue weighted by Crippen LogP contribution is -2.22. The minimum atomic E-state index is -1.24. The van der Waals surface area contributed by atoms with Crippen molar-refractivity contribution in [1.29, 1.82) is 0 Å². The number of carbonyl (C=O) groups excluding carboxylic acids is 1.